The minimum absolute atomic E-state index is 0.116. The molecule has 7 nitrogen and oxygen atoms in total. The van der Waals surface area contributed by atoms with Gasteiger partial charge in [-0.3, -0.25) is 19.8 Å². The molecule has 0 spiro atoms. The topological polar surface area (TPSA) is 84.7 Å². The summed E-state index contributed by atoms with van der Waals surface area (Å²) in [5.41, 5.74) is 1.18. The summed E-state index contributed by atoms with van der Waals surface area (Å²) in [6, 6.07) is 13.9. The third kappa shape index (κ3) is 5.86. The van der Waals surface area contributed by atoms with Gasteiger partial charge in [-0.2, -0.15) is 0 Å². The molecule has 0 fully saturated rings. The minimum Gasteiger partial charge on any atom is -0.493 e. The summed E-state index contributed by atoms with van der Waals surface area (Å²) < 4.78 is 5.73. The first-order valence-electron chi connectivity index (χ1n) is 8.37. The Morgan fingerprint density at radius 2 is 1.88 bits per heavy atom. The second kappa shape index (κ2) is 9.53. The molecule has 0 radical (unpaired) electrons. The number of amides is 1. The lowest BCUT2D eigenvalue weighted by Gasteiger charge is -2.16. The number of hydrogen-bond donors (Lipinski definition) is 1. The van der Waals surface area contributed by atoms with Crippen LogP contribution in [0, 0.1) is 17.0 Å². The molecule has 0 aliphatic carbocycles. The maximum absolute atomic E-state index is 12.1. The molecule has 138 valence electrons. The molecule has 0 unspecified atom stereocenters. The lowest BCUT2D eigenvalue weighted by Crippen LogP contribution is -2.31. The number of aryl methyl sites for hydroxylation is 1. The van der Waals surface area contributed by atoms with Crippen molar-refractivity contribution in [1.29, 1.82) is 0 Å². The van der Waals surface area contributed by atoms with Gasteiger partial charge in [0.1, 0.15) is 11.4 Å². The van der Waals surface area contributed by atoms with Crippen molar-refractivity contribution in [3.8, 4) is 5.75 Å². The quantitative estimate of drug-likeness (QED) is 0.423. The van der Waals surface area contributed by atoms with Crippen molar-refractivity contribution in [2.24, 2.45) is 0 Å². The van der Waals surface area contributed by atoms with E-state index in [2.05, 4.69) is 5.32 Å². The summed E-state index contributed by atoms with van der Waals surface area (Å²) in [5.74, 6) is 0.575. The number of ether oxygens (including phenoxy) is 1. The molecule has 2 rings (SSSR count). The van der Waals surface area contributed by atoms with Gasteiger partial charge < -0.3 is 10.1 Å². The van der Waals surface area contributed by atoms with Crippen molar-refractivity contribution in [3.63, 3.8) is 0 Å². The zero-order valence-electron chi connectivity index (χ0n) is 15.0. The smallest absolute Gasteiger partial charge is 0.292 e. The van der Waals surface area contributed by atoms with E-state index in [4.69, 9.17) is 4.74 Å². The second-order valence-corrected chi connectivity index (χ2v) is 6.03. The van der Waals surface area contributed by atoms with Crippen LogP contribution in [0.25, 0.3) is 0 Å². The molecule has 26 heavy (non-hydrogen) atoms. The fraction of sp³-hybridized carbons (Fsp3) is 0.316. The summed E-state index contributed by atoms with van der Waals surface area (Å²) in [4.78, 5) is 24.4. The van der Waals surface area contributed by atoms with Gasteiger partial charge in [-0.1, -0.05) is 30.3 Å². The molecule has 0 aliphatic heterocycles. The third-order valence-electron chi connectivity index (χ3n) is 3.82. The monoisotopic (exact) mass is 357 g/mol. The van der Waals surface area contributed by atoms with Gasteiger partial charge in [0.05, 0.1) is 18.1 Å². The van der Waals surface area contributed by atoms with Gasteiger partial charge in [0.15, 0.2) is 0 Å². The first-order chi connectivity index (χ1) is 12.5. The van der Waals surface area contributed by atoms with Crippen molar-refractivity contribution in [1.82, 2.24) is 4.90 Å². The summed E-state index contributed by atoms with van der Waals surface area (Å²) >= 11 is 0. The number of para-hydroxylation sites is 3. The highest BCUT2D eigenvalue weighted by atomic mass is 16.6. The van der Waals surface area contributed by atoms with Crippen LogP contribution in [-0.4, -0.2) is 42.5 Å². The van der Waals surface area contributed by atoms with Gasteiger partial charge in [-0.05, 0) is 38.1 Å². The molecule has 1 amide bonds. The molecule has 0 aliphatic rings. The molecule has 0 saturated heterocycles. The summed E-state index contributed by atoms with van der Waals surface area (Å²) in [5, 5.41) is 13.6. The van der Waals surface area contributed by atoms with Crippen LogP contribution in [0.15, 0.2) is 48.5 Å². The van der Waals surface area contributed by atoms with Crippen LogP contribution in [-0.2, 0) is 4.79 Å². The van der Waals surface area contributed by atoms with E-state index >= 15 is 0 Å². The normalized spacial score (nSPS) is 10.6. The number of benzene rings is 2. The zero-order chi connectivity index (χ0) is 18.9. The predicted molar refractivity (Wildman–Crippen MR) is 101 cm³/mol. The molecule has 7 heteroatoms. The molecular formula is C19H23N3O4. The summed E-state index contributed by atoms with van der Waals surface area (Å²) in [6.07, 6.45) is 0.767. The summed E-state index contributed by atoms with van der Waals surface area (Å²) in [7, 11) is 1.83. The number of likely N-dealkylation sites (N-methyl/N-ethyl adjacent to an activating group) is 1. The van der Waals surface area contributed by atoms with Crippen LogP contribution >= 0.6 is 0 Å². The van der Waals surface area contributed by atoms with E-state index in [1.165, 1.54) is 12.1 Å². The molecule has 0 saturated carbocycles. The van der Waals surface area contributed by atoms with Gasteiger partial charge in [0, 0.05) is 12.6 Å². The lowest BCUT2D eigenvalue weighted by atomic mass is 10.2. The van der Waals surface area contributed by atoms with Gasteiger partial charge >= 0.3 is 0 Å². The first kappa shape index (κ1) is 19.4. The van der Waals surface area contributed by atoms with Gasteiger partial charge in [-0.15, -0.1) is 0 Å². The predicted octanol–water partition coefficient (Wildman–Crippen LogP) is 3.24. The van der Waals surface area contributed by atoms with Crippen molar-refractivity contribution >= 4 is 17.3 Å². The number of nitro groups is 1. The third-order valence-corrected chi connectivity index (χ3v) is 3.82. The van der Waals surface area contributed by atoms with E-state index in [1.807, 2.05) is 43.1 Å². The molecule has 0 heterocycles. The number of rotatable bonds is 9. The minimum atomic E-state index is -0.512. The Bertz CT molecular complexity index is 764. The number of nitro benzene ring substituents is 1. The lowest BCUT2D eigenvalue weighted by molar-refractivity contribution is -0.383. The number of carbonyl (C=O) groups is 1. The number of nitrogens with one attached hydrogen (secondary N) is 1. The van der Waals surface area contributed by atoms with Crippen LogP contribution in [0.4, 0.5) is 11.4 Å². The highest BCUT2D eigenvalue weighted by Crippen LogP contribution is 2.23. The Labute approximate surface area is 152 Å². The summed E-state index contributed by atoms with van der Waals surface area (Å²) in [6.45, 7) is 3.38. The molecule has 2 aromatic rings. The van der Waals surface area contributed by atoms with Crippen molar-refractivity contribution in [3.05, 3.63) is 64.2 Å². The number of nitrogens with zero attached hydrogens (tertiary/aromatic N) is 2. The highest BCUT2D eigenvalue weighted by molar-refractivity contribution is 5.94. The largest absolute Gasteiger partial charge is 0.493 e. The van der Waals surface area contributed by atoms with E-state index in [1.54, 1.807) is 12.1 Å². The highest BCUT2D eigenvalue weighted by Gasteiger charge is 2.15. The standard InChI is InChI=1S/C19H23N3O4/c1-15-8-3-6-11-18(15)26-13-7-12-21(2)14-19(23)20-16-9-4-5-10-17(16)22(24)25/h3-6,8-11H,7,12-14H2,1-2H3,(H,20,23). The van der Waals surface area contributed by atoms with Crippen LogP contribution in [0.5, 0.6) is 5.75 Å². The molecular weight excluding hydrogens is 334 g/mol. The fourth-order valence-electron chi connectivity index (χ4n) is 2.49. The number of hydrogen-bond acceptors (Lipinski definition) is 5. The maximum atomic E-state index is 12.1. The molecule has 0 atom stereocenters. The van der Waals surface area contributed by atoms with Crippen molar-refractivity contribution < 1.29 is 14.5 Å². The molecule has 2 aromatic carbocycles. The average molecular weight is 357 g/mol. The number of anilines is 1. The first-order valence-corrected chi connectivity index (χ1v) is 8.37. The van der Waals surface area contributed by atoms with Crippen LogP contribution in [0.1, 0.15) is 12.0 Å². The van der Waals surface area contributed by atoms with Crippen molar-refractivity contribution in [2.75, 3.05) is 32.1 Å². The van der Waals surface area contributed by atoms with E-state index in [9.17, 15) is 14.9 Å². The zero-order valence-corrected chi connectivity index (χ0v) is 15.0. The SMILES string of the molecule is Cc1ccccc1OCCCN(C)CC(=O)Nc1ccccc1[N+](=O)[O-]. The van der Waals surface area contributed by atoms with Crippen LogP contribution in [0.3, 0.4) is 0 Å². The van der Waals surface area contributed by atoms with E-state index in [-0.39, 0.29) is 23.8 Å². The van der Waals surface area contributed by atoms with Crippen molar-refractivity contribution in [2.45, 2.75) is 13.3 Å². The number of carbonyl (C=O) groups excluding carboxylic acids is 1. The van der Waals surface area contributed by atoms with Crippen LogP contribution < -0.4 is 10.1 Å². The van der Waals surface area contributed by atoms with E-state index < -0.39 is 4.92 Å². The van der Waals surface area contributed by atoms with Gasteiger partial charge in [0.2, 0.25) is 5.91 Å². The average Bonchev–Trinajstić information content (AvgIpc) is 2.60. The Balaban J connectivity index is 1.74. The Morgan fingerprint density at radius 3 is 2.62 bits per heavy atom. The Morgan fingerprint density at radius 1 is 1.19 bits per heavy atom. The van der Waals surface area contributed by atoms with E-state index in [0.29, 0.717) is 13.2 Å². The Kier molecular flexibility index (Phi) is 7.11. The molecule has 1 N–H and O–H groups in total. The fourth-order valence-corrected chi connectivity index (χ4v) is 2.49. The van der Waals surface area contributed by atoms with Gasteiger partial charge in [-0.25, -0.2) is 0 Å². The Hall–Kier alpha value is -2.93. The van der Waals surface area contributed by atoms with Gasteiger partial charge in [0.25, 0.3) is 5.69 Å². The van der Waals surface area contributed by atoms with Crippen LogP contribution in [0.2, 0.25) is 0 Å². The molecule has 0 bridgehead atoms. The molecule has 0 aromatic heterocycles. The second-order valence-electron chi connectivity index (χ2n) is 6.03. The maximum Gasteiger partial charge on any atom is 0.292 e. The van der Waals surface area contributed by atoms with E-state index in [0.717, 1.165) is 17.7 Å².